The SMILES string of the molecule is CC.CC.CC.CC.CC.CC.CC.CC.CC.CC.CC.CC.CC.c1cc2ccc3cccc4ccc(c1)c2c34.c1cc2ccc3cccc4ccc(c1)c2c34.c1cc2cccc3c4cccc5cccc(c(c1)c23)c54.c1cc2cccc3c4cccc5cccc(c(c1)c23)c54.c1cc2cccc3c4cccc5cccc(c(c1)c23)c54.c1ccc2c(c1)Cc1ccccc1-2. The fourth-order valence-corrected chi connectivity index (χ4v) is 18.2. The molecule has 0 N–H and O–H groups in total. The standard InChI is InChI=1S/3C20H12.2C16H10.C13H10.13C2H6/c3*1-5-13-6-2-11-17-18-12-4-8-14-7-3-10-16(20(14)18)15(9-1)19(13)17;2*1-3-11-7-9-13-5-2-6-14-10-8-12(4-1)15(11)16(13)14;1-3-7-12-10(5-1)9-11-6-2-4-8-13(11)12;13*1-2/h3*1-12H;2*1-10H;1-8H,9H2;13*1-2H3. The fraction of sp³-hybridized carbons (Fsp3) is 0.206. The van der Waals surface area contributed by atoms with Crippen LogP contribution in [0.25, 0.3) is 205 Å². The van der Waals surface area contributed by atoms with Crippen molar-refractivity contribution in [1.29, 1.82) is 0 Å². The van der Waals surface area contributed by atoms with Crippen molar-refractivity contribution in [3.05, 3.63) is 399 Å². The van der Waals surface area contributed by atoms with Crippen LogP contribution in [-0.2, 0) is 6.42 Å². The summed E-state index contributed by atoms with van der Waals surface area (Å²) in [5.74, 6) is 0. The Balaban J connectivity index is 0.000000185. The smallest absolute Gasteiger partial charge is 0.00135 e. The van der Waals surface area contributed by atoms with Crippen molar-refractivity contribution >= 4 is 194 Å². The van der Waals surface area contributed by atoms with Gasteiger partial charge in [0.15, 0.2) is 0 Å². The zero-order valence-corrected chi connectivity index (χ0v) is 83.7. The lowest BCUT2D eigenvalue weighted by atomic mass is 9.90. The molecule has 25 aromatic carbocycles. The number of rotatable bonds is 0. The van der Waals surface area contributed by atoms with E-state index in [1.807, 2.05) is 180 Å². The summed E-state index contributed by atoms with van der Waals surface area (Å²) in [4.78, 5) is 0. The highest BCUT2D eigenvalue weighted by atomic mass is 14.2. The van der Waals surface area contributed by atoms with Gasteiger partial charge in [-0.15, -0.1) is 0 Å². The van der Waals surface area contributed by atoms with Gasteiger partial charge in [-0.1, -0.05) is 568 Å². The van der Waals surface area contributed by atoms with Crippen molar-refractivity contribution in [3.8, 4) is 11.1 Å². The van der Waals surface area contributed by atoms with Gasteiger partial charge in [-0.2, -0.15) is 0 Å². The van der Waals surface area contributed by atoms with E-state index in [1.165, 1.54) is 216 Å². The number of hydrogen-bond donors (Lipinski definition) is 0. The molecular weight excluding hydrogens is 1570 g/mol. The van der Waals surface area contributed by atoms with Gasteiger partial charge in [0.05, 0.1) is 0 Å². The summed E-state index contributed by atoms with van der Waals surface area (Å²) >= 11 is 0. The summed E-state index contributed by atoms with van der Waals surface area (Å²) in [5, 5.41) is 48.9. The molecule has 25 aromatic rings. The van der Waals surface area contributed by atoms with Crippen LogP contribution in [0.4, 0.5) is 0 Å². The Labute approximate surface area is 785 Å². The molecule has 0 heteroatoms. The Hall–Kier alpha value is -13.5. The summed E-state index contributed by atoms with van der Waals surface area (Å²) < 4.78 is 0. The maximum atomic E-state index is 2.25. The molecule has 0 atom stereocenters. The van der Waals surface area contributed by atoms with Gasteiger partial charge in [0.1, 0.15) is 0 Å². The average Bonchev–Trinajstić information content (AvgIpc) is 1.18. The van der Waals surface area contributed by atoms with E-state index < -0.39 is 0 Å². The third kappa shape index (κ3) is 21.2. The summed E-state index contributed by atoms with van der Waals surface area (Å²) in [6, 6.07) is 140. The quantitative estimate of drug-likeness (QED) is 0.105. The molecule has 0 nitrogen and oxygen atoms in total. The molecule has 1 aliphatic rings. The summed E-state index contributed by atoms with van der Waals surface area (Å²) in [5.41, 5.74) is 5.75. The minimum atomic E-state index is 1.10. The van der Waals surface area contributed by atoms with Gasteiger partial charge in [0, 0.05) is 0 Å². The topological polar surface area (TPSA) is 0 Å². The molecule has 0 bridgehead atoms. The average molecular weight is 1720 g/mol. The maximum absolute atomic E-state index is 2.25. The van der Waals surface area contributed by atoms with Crippen molar-refractivity contribution in [2.24, 2.45) is 0 Å². The maximum Gasteiger partial charge on any atom is -0.00135 e. The molecule has 0 saturated heterocycles. The fourth-order valence-electron chi connectivity index (χ4n) is 18.2. The van der Waals surface area contributed by atoms with Crippen LogP contribution in [0.3, 0.4) is 0 Å². The molecular formula is C131H144. The minimum absolute atomic E-state index is 1.10. The second-order valence-corrected chi connectivity index (χ2v) is 28.3. The van der Waals surface area contributed by atoms with Gasteiger partial charge in [0.2, 0.25) is 0 Å². The highest BCUT2D eigenvalue weighted by Crippen LogP contribution is 2.45. The van der Waals surface area contributed by atoms with Crippen LogP contribution >= 0.6 is 0 Å². The summed E-state index contributed by atoms with van der Waals surface area (Å²) in [6.45, 7) is 52.0. The lowest BCUT2D eigenvalue weighted by molar-refractivity contribution is 1.26. The molecule has 131 heavy (non-hydrogen) atoms. The zero-order valence-electron chi connectivity index (χ0n) is 83.7. The molecule has 0 fully saturated rings. The molecule has 668 valence electrons. The predicted molar refractivity (Wildman–Crippen MR) is 605 cm³/mol. The van der Waals surface area contributed by atoms with E-state index in [-0.39, 0.29) is 0 Å². The lowest BCUT2D eigenvalue weighted by Gasteiger charge is -2.13. The first-order valence-electron chi connectivity index (χ1n) is 49.7. The first-order chi connectivity index (χ1) is 65.1. The molecule has 0 spiro atoms. The van der Waals surface area contributed by atoms with Crippen LogP contribution in [0.15, 0.2) is 388 Å². The van der Waals surface area contributed by atoms with Gasteiger partial charge in [-0.05, 0) is 223 Å². The number of hydrogen-bond acceptors (Lipinski definition) is 0. The Morgan fingerprint density at radius 3 is 0.336 bits per heavy atom. The van der Waals surface area contributed by atoms with Gasteiger partial charge < -0.3 is 0 Å². The van der Waals surface area contributed by atoms with E-state index in [9.17, 15) is 0 Å². The molecule has 0 heterocycles. The van der Waals surface area contributed by atoms with Gasteiger partial charge >= 0.3 is 0 Å². The molecule has 0 radical (unpaired) electrons. The van der Waals surface area contributed by atoms with E-state index in [0.717, 1.165) is 6.42 Å². The first-order valence-corrected chi connectivity index (χ1v) is 49.7. The lowest BCUT2D eigenvalue weighted by Crippen LogP contribution is -1.85. The van der Waals surface area contributed by atoms with Crippen molar-refractivity contribution in [3.63, 3.8) is 0 Å². The van der Waals surface area contributed by atoms with Crippen molar-refractivity contribution < 1.29 is 0 Å². The molecule has 0 amide bonds. The largest absolute Gasteiger partial charge is 0.0683 e. The predicted octanol–water partition coefficient (Wildman–Crippen LogP) is 43.0. The van der Waals surface area contributed by atoms with E-state index in [1.54, 1.807) is 0 Å². The molecule has 1 aliphatic carbocycles. The van der Waals surface area contributed by atoms with E-state index >= 15 is 0 Å². The number of fused-ring (bicyclic) bond motifs is 9. The van der Waals surface area contributed by atoms with Gasteiger partial charge in [0.25, 0.3) is 0 Å². The van der Waals surface area contributed by atoms with Crippen LogP contribution in [0.5, 0.6) is 0 Å². The molecule has 0 saturated carbocycles. The Bertz CT molecular complexity index is 6240. The van der Waals surface area contributed by atoms with Crippen molar-refractivity contribution in [1.82, 2.24) is 0 Å². The third-order valence-electron chi connectivity index (χ3n) is 22.7. The Morgan fingerprint density at radius 2 is 0.206 bits per heavy atom. The summed E-state index contributed by atoms with van der Waals surface area (Å²) in [6.07, 6.45) is 1.10. The van der Waals surface area contributed by atoms with E-state index in [2.05, 4.69) is 388 Å². The molecule has 0 aliphatic heterocycles. The normalized spacial score (nSPS) is 10.2. The Kier molecular flexibility index (Phi) is 41.5. The second-order valence-electron chi connectivity index (χ2n) is 28.3. The van der Waals surface area contributed by atoms with Crippen molar-refractivity contribution in [2.45, 2.75) is 186 Å². The third-order valence-corrected chi connectivity index (χ3v) is 22.7. The zero-order chi connectivity index (χ0) is 95.1. The van der Waals surface area contributed by atoms with Crippen molar-refractivity contribution in [2.75, 3.05) is 0 Å². The van der Waals surface area contributed by atoms with Crippen LogP contribution in [0, 0.1) is 0 Å². The minimum Gasteiger partial charge on any atom is -0.0683 e. The van der Waals surface area contributed by atoms with E-state index in [4.69, 9.17) is 0 Å². The first kappa shape index (κ1) is 103. The second kappa shape index (κ2) is 52.8. The van der Waals surface area contributed by atoms with Gasteiger partial charge in [-0.25, -0.2) is 0 Å². The molecule has 26 rings (SSSR count). The van der Waals surface area contributed by atoms with Gasteiger partial charge in [-0.3, -0.25) is 0 Å². The van der Waals surface area contributed by atoms with Crippen LogP contribution in [0.2, 0.25) is 0 Å². The van der Waals surface area contributed by atoms with Crippen LogP contribution in [-0.4, -0.2) is 0 Å². The highest BCUT2D eigenvalue weighted by Gasteiger charge is 2.19. The monoisotopic (exact) mass is 1720 g/mol. The highest BCUT2D eigenvalue weighted by molar-refractivity contribution is 6.36. The van der Waals surface area contributed by atoms with E-state index in [0.29, 0.717) is 0 Å². The molecule has 0 aromatic heterocycles. The molecule has 0 unspecified atom stereocenters. The Morgan fingerprint density at radius 1 is 0.0992 bits per heavy atom. The van der Waals surface area contributed by atoms with Crippen LogP contribution < -0.4 is 0 Å². The summed E-state index contributed by atoms with van der Waals surface area (Å²) in [7, 11) is 0. The number of benzene rings is 25. The van der Waals surface area contributed by atoms with Crippen LogP contribution in [0.1, 0.15) is 191 Å².